The molecule has 1 aliphatic rings. The number of imidazole rings is 1. The van der Waals surface area contributed by atoms with E-state index in [0.717, 1.165) is 56.1 Å². The topological polar surface area (TPSA) is 56.6 Å². The van der Waals surface area contributed by atoms with Crippen molar-refractivity contribution in [3.05, 3.63) is 95.8 Å². The molecule has 0 amide bonds. The second kappa shape index (κ2) is 10.7. The first kappa shape index (κ1) is 23.1. The fourth-order valence-corrected chi connectivity index (χ4v) is 4.81. The fourth-order valence-electron chi connectivity index (χ4n) is 4.81. The van der Waals surface area contributed by atoms with Crippen molar-refractivity contribution in [3.63, 3.8) is 0 Å². The third-order valence-electron chi connectivity index (χ3n) is 6.77. The van der Waals surface area contributed by atoms with E-state index < -0.39 is 0 Å². The number of likely N-dealkylation sites (tertiary alicyclic amines) is 1. The third kappa shape index (κ3) is 5.54. The van der Waals surface area contributed by atoms with E-state index in [1.165, 1.54) is 18.2 Å². The van der Waals surface area contributed by atoms with E-state index in [2.05, 4.69) is 27.7 Å². The second-order valence-electron chi connectivity index (χ2n) is 9.14. The van der Waals surface area contributed by atoms with Gasteiger partial charge >= 0.3 is 5.97 Å². The number of nitrogens with zero attached hydrogens (tertiary/aromatic N) is 3. The first-order chi connectivity index (χ1) is 17.2. The van der Waals surface area contributed by atoms with Gasteiger partial charge in [-0.05, 0) is 73.8 Å². The Bertz CT molecular complexity index is 1260. The molecule has 1 aromatic heterocycles. The van der Waals surface area contributed by atoms with E-state index in [1.54, 1.807) is 0 Å². The number of aromatic nitrogens is 2. The summed E-state index contributed by atoms with van der Waals surface area (Å²) in [5.41, 5.74) is 4.01. The molecule has 1 aliphatic heterocycles. The molecule has 0 unspecified atom stereocenters. The van der Waals surface area contributed by atoms with Gasteiger partial charge in [0.15, 0.2) is 0 Å². The molecule has 0 radical (unpaired) electrons. The lowest BCUT2D eigenvalue weighted by molar-refractivity contribution is 0.0600. The summed E-state index contributed by atoms with van der Waals surface area (Å²) in [4.78, 5) is 19.0. The maximum Gasteiger partial charge on any atom is 0.337 e. The average Bonchev–Trinajstić information content (AvgIpc) is 3.26. The summed E-state index contributed by atoms with van der Waals surface area (Å²) in [6, 6.07) is 26.0. The summed E-state index contributed by atoms with van der Waals surface area (Å²) in [5.74, 6) is 2.14. The molecular weight excluding hydrogens is 438 g/mol. The van der Waals surface area contributed by atoms with E-state index in [9.17, 15) is 4.79 Å². The smallest absolute Gasteiger partial charge is 0.337 e. The zero-order valence-corrected chi connectivity index (χ0v) is 20.1. The Morgan fingerprint density at radius 2 is 1.66 bits per heavy atom. The molecule has 4 aromatic rings. The van der Waals surface area contributed by atoms with Crippen LogP contribution in [0.25, 0.3) is 11.0 Å². The number of carbonyl (C=O) groups excluding carboxylic acids is 1. The quantitative estimate of drug-likeness (QED) is 0.327. The van der Waals surface area contributed by atoms with Crippen LogP contribution >= 0.6 is 0 Å². The van der Waals surface area contributed by atoms with Gasteiger partial charge in [-0.1, -0.05) is 42.5 Å². The van der Waals surface area contributed by atoms with E-state index >= 15 is 0 Å². The standard InChI is InChI=1S/C29H31N3O3/c1-34-29(33)24-13-11-22(12-14-24)19-31-17-15-23(16-18-31)20-32-27-10-6-5-9-26(27)30-28(32)21-35-25-7-3-2-4-8-25/h2-14,23H,15-21H2,1H3. The van der Waals surface area contributed by atoms with Crippen LogP contribution in [0.4, 0.5) is 0 Å². The van der Waals surface area contributed by atoms with Gasteiger partial charge in [0.2, 0.25) is 0 Å². The van der Waals surface area contributed by atoms with Crippen molar-refractivity contribution in [1.29, 1.82) is 0 Å². The molecule has 35 heavy (non-hydrogen) atoms. The number of carbonyl (C=O) groups is 1. The number of piperidine rings is 1. The summed E-state index contributed by atoms with van der Waals surface area (Å²) >= 11 is 0. The molecule has 1 saturated heterocycles. The molecule has 0 aliphatic carbocycles. The predicted octanol–water partition coefficient (Wildman–Crippen LogP) is 5.31. The predicted molar refractivity (Wildman–Crippen MR) is 136 cm³/mol. The Labute approximate surface area is 206 Å². The number of benzene rings is 3. The van der Waals surface area contributed by atoms with E-state index in [1.807, 2.05) is 60.7 Å². The van der Waals surface area contributed by atoms with Crippen LogP contribution in [0.3, 0.4) is 0 Å². The van der Waals surface area contributed by atoms with Gasteiger partial charge < -0.3 is 14.0 Å². The molecule has 0 atom stereocenters. The van der Waals surface area contributed by atoms with Gasteiger partial charge in [-0.2, -0.15) is 0 Å². The lowest BCUT2D eigenvalue weighted by Gasteiger charge is -2.32. The van der Waals surface area contributed by atoms with Crippen LogP contribution < -0.4 is 4.74 Å². The maximum absolute atomic E-state index is 11.7. The molecule has 180 valence electrons. The normalized spacial score (nSPS) is 14.8. The maximum atomic E-state index is 11.7. The number of methoxy groups -OCH3 is 1. The van der Waals surface area contributed by atoms with Gasteiger partial charge in [0.05, 0.1) is 23.7 Å². The fraction of sp³-hybridized carbons (Fsp3) is 0.310. The van der Waals surface area contributed by atoms with Crippen molar-refractivity contribution in [2.75, 3.05) is 20.2 Å². The highest BCUT2D eigenvalue weighted by molar-refractivity contribution is 5.89. The van der Waals surface area contributed by atoms with Crippen LogP contribution in [0.5, 0.6) is 5.75 Å². The molecule has 0 bridgehead atoms. The molecule has 0 spiro atoms. The van der Waals surface area contributed by atoms with Gasteiger partial charge in [-0.15, -0.1) is 0 Å². The van der Waals surface area contributed by atoms with E-state index in [0.29, 0.717) is 18.1 Å². The molecule has 5 rings (SSSR count). The average molecular weight is 470 g/mol. The summed E-state index contributed by atoms with van der Waals surface area (Å²) in [6.07, 6.45) is 2.29. The Morgan fingerprint density at radius 1 is 0.943 bits per heavy atom. The molecule has 0 N–H and O–H groups in total. The molecule has 2 heterocycles. The van der Waals surface area contributed by atoms with Gasteiger partial charge in [0, 0.05) is 13.1 Å². The Morgan fingerprint density at radius 3 is 2.40 bits per heavy atom. The van der Waals surface area contributed by atoms with Crippen LogP contribution in [0, 0.1) is 5.92 Å². The molecule has 3 aromatic carbocycles. The summed E-state index contributed by atoms with van der Waals surface area (Å²) < 4.78 is 13.2. The van der Waals surface area contributed by atoms with Crippen molar-refractivity contribution in [3.8, 4) is 5.75 Å². The number of hydrogen-bond donors (Lipinski definition) is 0. The van der Waals surface area contributed by atoms with Crippen LogP contribution in [0.15, 0.2) is 78.9 Å². The van der Waals surface area contributed by atoms with E-state index in [4.69, 9.17) is 14.5 Å². The van der Waals surface area contributed by atoms with Crippen molar-refractivity contribution < 1.29 is 14.3 Å². The number of esters is 1. The lowest BCUT2D eigenvalue weighted by Crippen LogP contribution is -2.34. The molecular formula is C29H31N3O3. The van der Waals surface area contributed by atoms with Crippen LogP contribution in [-0.2, 0) is 24.4 Å². The first-order valence-electron chi connectivity index (χ1n) is 12.2. The van der Waals surface area contributed by atoms with E-state index in [-0.39, 0.29) is 5.97 Å². The number of rotatable bonds is 8. The monoisotopic (exact) mass is 469 g/mol. The minimum Gasteiger partial charge on any atom is -0.486 e. The SMILES string of the molecule is COC(=O)c1ccc(CN2CCC(Cn3c(COc4ccccc4)nc4ccccc43)CC2)cc1. The summed E-state index contributed by atoms with van der Waals surface area (Å²) in [7, 11) is 1.41. The highest BCUT2D eigenvalue weighted by Gasteiger charge is 2.22. The summed E-state index contributed by atoms with van der Waals surface area (Å²) in [5, 5.41) is 0. The zero-order chi connectivity index (χ0) is 24.0. The van der Waals surface area contributed by atoms with Crippen molar-refractivity contribution in [2.45, 2.75) is 32.5 Å². The molecule has 1 fully saturated rings. The highest BCUT2D eigenvalue weighted by atomic mass is 16.5. The number of hydrogen-bond acceptors (Lipinski definition) is 5. The van der Waals surface area contributed by atoms with Crippen molar-refractivity contribution in [1.82, 2.24) is 14.5 Å². The van der Waals surface area contributed by atoms with Crippen molar-refractivity contribution in [2.24, 2.45) is 5.92 Å². The van der Waals surface area contributed by atoms with Crippen LogP contribution in [0.2, 0.25) is 0 Å². The minimum absolute atomic E-state index is 0.294. The highest BCUT2D eigenvalue weighted by Crippen LogP contribution is 2.25. The first-order valence-corrected chi connectivity index (χ1v) is 12.2. The second-order valence-corrected chi connectivity index (χ2v) is 9.14. The largest absolute Gasteiger partial charge is 0.486 e. The summed E-state index contributed by atoms with van der Waals surface area (Å²) in [6.45, 7) is 4.44. The van der Waals surface area contributed by atoms with Gasteiger partial charge in [0.1, 0.15) is 18.2 Å². The number of para-hydroxylation sites is 3. The molecule has 0 saturated carbocycles. The minimum atomic E-state index is -0.294. The van der Waals surface area contributed by atoms with Gasteiger partial charge in [-0.25, -0.2) is 9.78 Å². The van der Waals surface area contributed by atoms with Crippen LogP contribution in [-0.4, -0.2) is 40.6 Å². The Kier molecular flexibility index (Phi) is 7.09. The third-order valence-corrected chi connectivity index (χ3v) is 6.77. The Hall–Kier alpha value is -3.64. The number of fused-ring (bicyclic) bond motifs is 1. The van der Waals surface area contributed by atoms with Gasteiger partial charge in [0.25, 0.3) is 0 Å². The van der Waals surface area contributed by atoms with Crippen LogP contribution in [0.1, 0.15) is 34.6 Å². The molecule has 6 heteroatoms. The molecule has 6 nitrogen and oxygen atoms in total. The Balaban J connectivity index is 1.21. The number of ether oxygens (including phenoxy) is 2. The van der Waals surface area contributed by atoms with Gasteiger partial charge in [-0.3, -0.25) is 4.90 Å². The van der Waals surface area contributed by atoms with Crippen molar-refractivity contribution >= 4 is 17.0 Å². The lowest BCUT2D eigenvalue weighted by atomic mass is 9.96. The zero-order valence-electron chi connectivity index (χ0n) is 20.1.